The first-order valence-corrected chi connectivity index (χ1v) is 10.4. The number of aromatic amines is 1. The fourth-order valence-electron chi connectivity index (χ4n) is 4.61. The zero-order valence-corrected chi connectivity index (χ0v) is 17.0. The minimum absolute atomic E-state index is 0.580. The number of fused-ring (bicyclic) bond motifs is 1. The van der Waals surface area contributed by atoms with Gasteiger partial charge in [-0.1, -0.05) is 23.4 Å². The third-order valence-corrected chi connectivity index (χ3v) is 6.20. The van der Waals surface area contributed by atoms with E-state index in [4.69, 9.17) is 4.52 Å². The van der Waals surface area contributed by atoms with Gasteiger partial charge in [0.15, 0.2) is 0 Å². The molecular weight excluding hydrogens is 360 g/mol. The minimum Gasteiger partial charge on any atom is -0.361 e. The lowest BCUT2D eigenvalue weighted by molar-refractivity contribution is 0.205. The number of aromatic nitrogens is 3. The summed E-state index contributed by atoms with van der Waals surface area (Å²) in [6, 6.07) is 13.0. The molecular formula is C24H26N4O. The van der Waals surface area contributed by atoms with Crippen molar-refractivity contribution < 1.29 is 4.52 Å². The van der Waals surface area contributed by atoms with E-state index >= 15 is 0 Å². The first kappa shape index (κ1) is 18.1. The first-order chi connectivity index (χ1) is 14.2. The fraction of sp³-hybridized carbons (Fsp3) is 0.333. The Kier molecular flexibility index (Phi) is 4.68. The van der Waals surface area contributed by atoms with E-state index in [1.165, 1.54) is 34.9 Å². The van der Waals surface area contributed by atoms with E-state index in [1.54, 1.807) is 0 Å². The maximum Gasteiger partial charge on any atom is 0.143 e. The second-order valence-corrected chi connectivity index (χ2v) is 8.08. The van der Waals surface area contributed by atoms with Gasteiger partial charge in [0.05, 0.1) is 17.0 Å². The molecule has 0 amide bonds. The molecule has 4 aromatic rings. The van der Waals surface area contributed by atoms with E-state index in [1.807, 2.05) is 20.0 Å². The second kappa shape index (κ2) is 7.48. The zero-order valence-electron chi connectivity index (χ0n) is 17.0. The van der Waals surface area contributed by atoms with E-state index < -0.39 is 0 Å². The van der Waals surface area contributed by atoms with Crippen molar-refractivity contribution in [2.24, 2.45) is 0 Å². The van der Waals surface area contributed by atoms with Crippen LogP contribution >= 0.6 is 0 Å². The van der Waals surface area contributed by atoms with Crippen molar-refractivity contribution in [3.05, 3.63) is 71.4 Å². The monoisotopic (exact) mass is 386 g/mol. The minimum atomic E-state index is 0.580. The lowest BCUT2D eigenvalue weighted by Gasteiger charge is -2.32. The van der Waals surface area contributed by atoms with Crippen LogP contribution in [0.2, 0.25) is 0 Å². The summed E-state index contributed by atoms with van der Waals surface area (Å²) in [5.41, 5.74) is 6.90. The quantitative estimate of drug-likeness (QED) is 0.523. The molecule has 0 atom stereocenters. The molecule has 29 heavy (non-hydrogen) atoms. The summed E-state index contributed by atoms with van der Waals surface area (Å²) in [5.74, 6) is 1.41. The molecule has 5 rings (SSSR count). The van der Waals surface area contributed by atoms with Gasteiger partial charge in [-0.3, -0.25) is 9.88 Å². The Morgan fingerprint density at radius 2 is 1.97 bits per heavy atom. The van der Waals surface area contributed by atoms with Gasteiger partial charge in [0, 0.05) is 29.8 Å². The van der Waals surface area contributed by atoms with Crippen LogP contribution in [-0.2, 0) is 6.54 Å². The zero-order chi connectivity index (χ0) is 19.8. The van der Waals surface area contributed by atoms with Gasteiger partial charge in [0.1, 0.15) is 5.76 Å². The number of hydrogen-bond acceptors (Lipinski definition) is 4. The summed E-state index contributed by atoms with van der Waals surface area (Å²) in [6.07, 6.45) is 6.44. The molecule has 148 valence electrons. The molecule has 1 aliphatic rings. The number of aryl methyl sites for hydroxylation is 2. The predicted octanol–water partition coefficient (Wildman–Crippen LogP) is 5.21. The van der Waals surface area contributed by atoms with Gasteiger partial charge in [-0.25, -0.2) is 0 Å². The van der Waals surface area contributed by atoms with Gasteiger partial charge in [0.2, 0.25) is 0 Å². The summed E-state index contributed by atoms with van der Waals surface area (Å²) in [7, 11) is 0. The summed E-state index contributed by atoms with van der Waals surface area (Å²) in [6.45, 7) is 7.17. The van der Waals surface area contributed by atoms with Crippen molar-refractivity contribution in [1.29, 1.82) is 0 Å². The number of para-hydroxylation sites is 1. The molecule has 0 unspecified atom stereocenters. The van der Waals surface area contributed by atoms with Gasteiger partial charge < -0.3 is 9.51 Å². The van der Waals surface area contributed by atoms with Crippen molar-refractivity contribution in [2.45, 2.75) is 39.2 Å². The van der Waals surface area contributed by atoms with E-state index in [0.29, 0.717) is 5.92 Å². The molecule has 0 radical (unpaired) electrons. The van der Waals surface area contributed by atoms with Crippen LogP contribution in [0.15, 0.2) is 53.3 Å². The maximum atomic E-state index is 5.33. The Morgan fingerprint density at radius 1 is 1.14 bits per heavy atom. The Labute approximate surface area is 170 Å². The van der Waals surface area contributed by atoms with Crippen LogP contribution < -0.4 is 0 Å². The van der Waals surface area contributed by atoms with Crippen molar-refractivity contribution in [1.82, 2.24) is 20.0 Å². The summed E-state index contributed by atoms with van der Waals surface area (Å²) in [5, 5.41) is 5.42. The van der Waals surface area contributed by atoms with Crippen molar-refractivity contribution in [2.75, 3.05) is 13.1 Å². The maximum absolute atomic E-state index is 5.33. The highest BCUT2D eigenvalue weighted by Crippen LogP contribution is 2.32. The third-order valence-electron chi connectivity index (χ3n) is 6.20. The number of nitrogens with zero attached hydrogens (tertiary/aromatic N) is 3. The van der Waals surface area contributed by atoms with Gasteiger partial charge >= 0.3 is 0 Å². The molecule has 0 spiro atoms. The third kappa shape index (κ3) is 3.47. The number of piperidine rings is 1. The van der Waals surface area contributed by atoms with Crippen molar-refractivity contribution >= 4 is 10.9 Å². The number of benzene rings is 1. The van der Waals surface area contributed by atoms with E-state index in [-0.39, 0.29) is 0 Å². The molecule has 0 aliphatic carbocycles. The van der Waals surface area contributed by atoms with Crippen LogP contribution in [-0.4, -0.2) is 33.1 Å². The lowest BCUT2D eigenvalue weighted by Crippen LogP contribution is -2.32. The molecule has 1 aromatic carbocycles. The van der Waals surface area contributed by atoms with Gasteiger partial charge in [0.25, 0.3) is 0 Å². The SMILES string of the molecule is Cc1noc(C)c1-c1cc(C2CCN(Cc3c[nH]c4ccccc34)CC2)ccn1. The lowest BCUT2D eigenvalue weighted by atomic mass is 9.89. The van der Waals surface area contributed by atoms with Crippen LogP contribution in [0.5, 0.6) is 0 Å². The Bertz CT molecular complexity index is 1120. The van der Waals surface area contributed by atoms with Gasteiger partial charge in [-0.15, -0.1) is 0 Å². The van der Waals surface area contributed by atoms with Crippen LogP contribution in [0, 0.1) is 13.8 Å². The molecule has 4 heterocycles. The van der Waals surface area contributed by atoms with Crippen LogP contribution in [0.25, 0.3) is 22.2 Å². The normalized spacial score (nSPS) is 15.9. The molecule has 1 saturated heterocycles. The number of hydrogen-bond donors (Lipinski definition) is 1. The first-order valence-electron chi connectivity index (χ1n) is 10.4. The van der Waals surface area contributed by atoms with E-state index in [0.717, 1.165) is 42.3 Å². The number of likely N-dealkylation sites (tertiary alicyclic amines) is 1. The average molecular weight is 386 g/mol. The molecule has 0 saturated carbocycles. The topological polar surface area (TPSA) is 58.0 Å². The molecule has 1 aliphatic heterocycles. The number of pyridine rings is 1. The Hall–Kier alpha value is -2.92. The predicted molar refractivity (Wildman–Crippen MR) is 115 cm³/mol. The fourth-order valence-corrected chi connectivity index (χ4v) is 4.61. The molecule has 1 N–H and O–H groups in total. The standard InChI is InChI=1S/C24H26N4O/c1-16-24(17(2)29-27-16)23-13-19(7-10-25-23)18-8-11-28(12-9-18)15-20-14-26-22-6-4-3-5-21(20)22/h3-7,10,13-14,18,26H,8-9,11-12,15H2,1-2H3. The van der Waals surface area contributed by atoms with Gasteiger partial charge in [-0.05, 0) is 75.0 Å². The molecule has 1 fully saturated rings. The highest BCUT2D eigenvalue weighted by molar-refractivity contribution is 5.82. The van der Waals surface area contributed by atoms with Crippen LogP contribution in [0.1, 0.15) is 41.3 Å². The van der Waals surface area contributed by atoms with Crippen molar-refractivity contribution in [3.63, 3.8) is 0 Å². The second-order valence-electron chi connectivity index (χ2n) is 8.08. The molecule has 0 bridgehead atoms. The number of H-pyrrole nitrogens is 1. The number of nitrogens with one attached hydrogen (secondary N) is 1. The highest BCUT2D eigenvalue weighted by Gasteiger charge is 2.22. The van der Waals surface area contributed by atoms with Crippen LogP contribution in [0.3, 0.4) is 0 Å². The average Bonchev–Trinajstić information content (AvgIpc) is 3.31. The summed E-state index contributed by atoms with van der Waals surface area (Å²) >= 11 is 0. The largest absolute Gasteiger partial charge is 0.361 e. The van der Waals surface area contributed by atoms with E-state index in [9.17, 15) is 0 Å². The Balaban J connectivity index is 1.28. The van der Waals surface area contributed by atoms with Crippen molar-refractivity contribution in [3.8, 4) is 11.3 Å². The molecule has 3 aromatic heterocycles. The highest BCUT2D eigenvalue weighted by atomic mass is 16.5. The Morgan fingerprint density at radius 3 is 2.76 bits per heavy atom. The summed E-state index contributed by atoms with van der Waals surface area (Å²) in [4.78, 5) is 10.5. The summed E-state index contributed by atoms with van der Waals surface area (Å²) < 4.78 is 5.33. The van der Waals surface area contributed by atoms with Gasteiger partial charge in [-0.2, -0.15) is 0 Å². The van der Waals surface area contributed by atoms with E-state index in [2.05, 4.69) is 62.6 Å². The molecule has 5 nitrogen and oxygen atoms in total. The number of rotatable bonds is 4. The van der Waals surface area contributed by atoms with Crippen LogP contribution in [0.4, 0.5) is 0 Å². The smallest absolute Gasteiger partial charge is 0.143 e. The molecule has 5 heteroatoms.